The summed E-state index contributed by atoms with van der Waals surface area (Å²) in [5, 5.41) is 0.980. The maximum Gasteiger partial charge on any atom is 0.252 e. The molecule has 0 spiro atoms. The van der Waals surface area contributed by atoms with Crippen LogP contribution in [0.15, 0.2) is 11.1 Å². The van der Waals surface area contributed by atoms with Gasteiger partial charge in [0.05, 0.1) is 11.8 Å². The van der Waals surface area contributed by atoms with Crippen LogP contribution in [0.1, 0.15) is 27.2 Å². The normalized spacial score (nSPS) is 44.6. The zero-order valence-electron chi connectivity index (χ0n) is 11.8. The largest absolute Gasteiger partial charge is 0.274 e. The predicted molar refractivity (Wildman–Crippen MR) is 69.6 cm³/mol. The van der Waals surface area contributed by atoms with Crippen molar-refractivity contribution in [2.24, 2.45) is 35.5 Å². The van der Waals surface area contributed by atoms with Gasteiger partial charge in [-0.2, -0.15) is 5.01 Å². The number of nitrogens with zero attached hydrogens (tertiary/aromatic N) is 1. The molecule has 1 N–H and O–H groups in total. The highest BCUT2D eigenvalue weighted by Crippen LogP contribution is 2.69. The van der Waals surface area contributed by atoms with Gasteiger partial charge in [-0.3, -0.25) is 19.8 Å². The fourth-order valence-corrected chi connectivity index (χ4v) is 5.04. The van der Waals surface area contributed by atoms with Crippen molar-refractivity contribution >= 4 is 17.7 Å². The third-order valence-electron chi connectivity index (χ3n) is 5.88. The van der Waals surface area contributed by atoms with Crippen molar-refractivity contribution in [2.45, 2.75) is 27.2 Å². The van der Waals surface area contributed by atoms with Gasteiger partial charge >= 0.3 is 0 Å². The number of rotatable bonds is 1. The van der Waals surface area contributed by atoms with Crippen molar-refractivity contribution in [2.75, 3.05) is 0 Å². The van der Waals surface area contributed by atoms with Gasteiger partial charge < -0.3 is 0 Å². The molecule has 1 saturated heterocycles. The van der Waals surface area contributed by atoms with E-state index in [0.717, 1.165) is 11.4 Å². The Morgan fingerprint density at radius 3 is 1.85 bits per heavy atom. The maximum absolute atomic E-state index is 12.6. The topological polar surface area (TPSA) is 66.5 Å². The molecule has 5 aliphatic rings. The Morgan fingerprint density at radius 2 is 1.45 bits per heavy atom. The number of allylic oxidation sites excluding steroid dienone is 2. The lowest BCUT2D eigenvalue weighted by molar-refractivity contribution is -0.148. The van der Waals surface area contributed by atoms with Crippen LogP contribution in [-0.2, 0) is 14.4 Å². The third kappa shape index (κ3) is 1.21. The van der Waals surface area contributed by atoms with Crippen LogP contribution in [0.5, 0.6) is 0 Å². The molecule has 0 radical (unpaired) electrons. The highest BCUT2D eigenvalue weighted by molar-refractivity contribution is 6.07. The Hall–Kier alpha value is -1.65. The molecule has 5 rings (SSSR count). The molecule has 20 heavy (non-hydrogen) atoms. The summed E-state index contributed by atoms with van der Waals surface area (Å²) < 4.78 is 0. The van der Waals surface area contributed by atoms with Crippen LogP contribution in [0, 0.1) is 35.5 Å². The van der Waals surface area contributed by atoms with Gasteiger partial charge in [-0.25, -0.2) is 0 Å². The molecule has 5 heteroatoms. The lowest BCUT2D eigenvalue weighted by Gasteiger charge is -2.44. The molecule has 4 aliphatic carbocycles. The fraction of sp³-hybridized carbons (Fsp3) is 0.667. The standard InChI is InChI=1S/C15H18N2O3/c1-5-6(2)11-9-4-8(9)10(5)12-13(11)15(20)17(14(12)19)16-7(3)18/h8-13H,4H2,1-3H3,(H,16,18). The number of imide groups is 1. The predicted octanol–water partition coefficient (Wildman–Crippen LogP) is 0.871. The summed E-state index contributed by atoms with van der Waals surface area (Å²) in [7, 11) is 0. The third-order valence-corrected chi connectivity index (χ3v) is 5.88. The molecule has 1 heterocycles. The first-order valence-corrected chi connectivity index (χ1v) is 7.25. The van der Waals surface area contributed by atoms with Gasteiger partial charge in [-0.15, -0.1) is 0 Å². The molecule has 3 amide bonds. The van der Waals surface area contributed by atoms with E-state index in [0.29, 0.717) is 11.8 Å². The Kier molecular flexibility index (Phi) is 2.13. The molecule has 0 aromatic heterocycles. The van der Waals surface area contributed by atoms with Gasteiger partial charge in [0, 0.05) is 6.92 Å². The summed E-state index contributed by atoms with van der Waals surface area (Å²) in [6, 6.07) is 0. The highest BCUT2D eigenvalue weighted by Gasteiger charge is 2.69. The number of hydrogen-bond donors (Lipinski definition) is 1. The molecule has 6 unspecified atom stereocenters. The molecular formula is C15H18N2O3. The second-order valence-electron chi connectivity index (χ2n) is 6.71. The second-order valence-corrected chi connectivity index (χ2v) is 6.71. The van der Waals surface area contributed by atoms with Crippen molar-refractivity contribution in [1.29, 1.82) is 0 Å². The molecule has 0 aromatic rings. The van der Waals surface area contributed by atoms with Crippen LogP contribution >= 0.6 is 0 Å². The molecule has 106 valence electrons. The van der Waals surface area contributed by atoms with Crippen LogP contribution in [0.3, 0.4) is 0 Å². The molecule has 2 bridgehead atoms. The van der Waals surface area contributed by atoms with Gasteiger partial charge in [0.1, 0.15) is 0 Å². The van der Waals surface area contributed by atoms with E-state index in [2.05, 4.69) is 19.3 Å². The molecule has 3 fully saturated rings. The van der Waals surface area contributed by atoms with Crippen LogP contribution in [-0.4, -0.2) is 22.7 Å². The van der Waals surface area contributed by atoms with E-state index in [1.54, 1.807) is 0 Å². The summed E-state index contributed by atoms with van der Waals surface area (Å²) in [5.74, 6) is 0.320. The Balaban J connectivity index is 1.78. The Bertz CT molecular complexity index is 552. The minimum Gasteiger partial charge on any atom is -0.274 e. The molecule has 0 aromatic carbocycles. The van der Waals surface area contributed by atoms with Crippen LogP contribution in [0.4, 0.5) is 0 Å². The van der Waals surface area contributed by atoms with Crippen molar-refractivity contribution in [3.63, 3.8) is 0 Å². The quantitative estimate of drug-likeness (QED) is 0.570. The molecule has 6 atom stereocenters. The lowest BCUT2D eigenvalue weighted by Crippen LogP contribution is -2.46. The number of carbonyl (C=O) groups excluding carboxylic acids is 3. The fourth-order valence-electron chi connectivity index (χ4n) is 5.04. The van der Waals surface area contributed by atoms with E-state index in [9.17, 15) is 14.4 Å². The van der Waals surface area contributed by atoms with Crippen LogP contribution in [0.25, 0.3) is 0 Å². The Labute approximate surface area is 117 Å². The van der Waals surface area contributed by atoms with Crippen molar-refractivity contribution in [3.05, 3.63) is 11.1 Å². The number of hydrazine groups is 1. The van der Waals surface area contributed by atoms with Gasteiger partial charge in [0.15, 0.2) is 0 Å². The molecule has 2 saturated carbocycles. The van der Waals surface area contributed by atoms with Crippen LogP contribution < -0.4 is 5.43 Å². The van der Waals surface area contributed by atoms with Gasteiger partial charge in [-0.05, 0) is 43.9 Å². The van der Waals surface area contributed by atoms with Gasteiger partial charge in [0.25, 0.3) is 11.8 Å². The minimum absolute atomic E-state index is 0.206. The molecule has 5 nitrogen and oxygen atoms in total. The number of amides is 3. The van der Waals surface area contributed by atoms with E-state index in [1.165, 1.54) is 18.1 Å². The number of carbonyl (C=O) groups is 3. The molecule has 1 aliphatic heterocycles. The summed E-state index contributed by atoms with van der Waals surface area (Å²) in [5.41, 5.74) is 5.02. The van der Waals surface area contributed by atoms with Crippen molar-refractivity contribution in [1.82, 2.24) is 10.4 Å². The zero-order valence-corrected chi connectivity index (χ0v) is 11.8. The summed E-state index contributed by atoms with van der Waals surface area (Å²) in [6.07, 6.45) is 1.15. The van der Waals surface area contributed by atoms with Gasteiger partial charge in [-0.1, -0.05) is 11.1 Å². The first-order valence-electron chi connectivity index (χ1n) is 7.25. The van der Waals surface area contributed by atoms with Crippen molar-refractivity contribution in [3.8, 4) is 0 Å². The zero-order chi connectivity index (χ0) is 14.3. The monoisotopic (exact) mass is 274 g/mol. The van der Waals surface area contributed by atoms with E-state index >= 15 is 0 Å². The van der Waals surface area contributed by atoms with E-state index in [-0.39, 0.29) is 41.4 Å². The van der Waals surface area contributed by atoms with Gasteiger partial charge in [0.2, 0.25) is 5.91 Å². The number of nitrogens with one attached hydrogen (secondary N) is 1. The van der Waals surface area contributed by atoms with Crippen molar-refractivity contribution < 1.29 is 14.4 Å². The average molecular weight is 274 g/mol. The lowest BCUT2D eigenvalue weighted by atomic mass is 9.57. The maximum atomic E-state index is 12.6. The van der Waals surface area contributed by atoms with Crippen LogP contribution in [0.2, 0.25) is 0 Å². The number of hydrogen-bond acceptors (Lipinski definition) is 3. The first-order chi connectivity index (χ1) is 9.43. The van der Waals surface area contributed by atoms with E-state index < -0.39 is 0 Å². The highest BCUT2D eigenvalue weighted by atomic mass is 16.2. The minimum atomic E-state index is -0.371. The summed E-state index contributed by atoms with van der Waals surface area (Å²) in [4.78, 5) is 36.3. The molecular weight excluding hydrogens is 256 g/mol. The summed E-state index contributed by atoms with van der Waals surface area (Å²) in [6.45, 7) is 5.54. The first kappa shape index (κ1) is 12.1. The van der Waals surface area contributed by atoms with E-state index in [4.69, 9.17) is 0 Å². The Morgan fingerprint density at radius 1 is 1.00 bits per heavy atom. The summed E-state index contributed by atoms with van der Waals surface area (Å²) >= 11 is 0. The average Bonchev–Trinajstić information content (AvgIpc) is 3.13. The second kappa shape index (κ2) is 3.51. The van der Waals surface area contributed by atoms with E-state index in [1.807, 2.05) is 0 Å². The smallest absolute Gasteiger partial charge is 0.252 e. The SMILES string of the molecule is CC(=O)NN1C(=O)C2C3C(C)=C(C)C(C4CC43)C2C1=O.